The quantitative estimate of drug-likeness (QED) is 0.862. The third-order valence-corrected chi connectivity index (χ3v) is 7.16. The molecule has 4 unspecified atom stereocenters. The van der Waals surface area contributed by atoms with E-state index in [2.05, 4.69) is 20.0 Å². The number of hydrogen-bond donors (Lipinski definition) is 1. The average molecular weight is 387 g/mol. The monoisotopic (exact) mass is 386 g/mol. The molecule has 152 valence electrons. The number of hydrogen-bond acceptors (Lipinski definition) is 3. The number of piperidine rings is 2. The second-order valence-electron chi connectivity index (χ2n) is 9.34. The van der Waals surface area contributed by atoms with E-state index in [0.29, 0.717) is 12.0 Å². The minimum Gasteiger partial charge on any atom is -0.334 e. The Kier molecular flexibility index (Phi) is 5.01. The molecule has 28 heavy (non-hydrogen) atoms. The highest BCUT2D eigenvalue weighted by atomic mass is 19.1. The van der Waals surface area contributed by atoms with Crippen LogP contribution < -0.4 is 5.32 Å². The van der Waals surface area contributed by atoms with Crippen molar-refractivity contribution in [3.63, 3.8) is 0 Å². The first-order chi connectivity index (χ1) is 13.6. The maximum Gasteiger partial charge on any atom is 0.317 e. The molecule has 5 nitrogen and oxygen atoms in total. The summed E-state index contributed by atoms with van der Waals surface area (Å²) in [7, 11) is 0. The van der Waals surface area contributed by atoms with Crippen molar-refractivity contribution in [3.8, 4) is 0 Å². The minimum atomic E-state index is -0.181. The summed E-state index contributed by atoms with van der Waals surface area (Å²) in [6.07, 6.45) is 4.44. The Morgan fingerprint density at radius 2 is 1.86 bits per heavy atom. The summed E-state index contributed by atoms with van der Waals surface area (Å²) < 4.78 is 13.0. The molecule has 6 heteroatoms. The highest BCUT2D eigenvalue weighted by molar-refractivity contribution is 5.75. The van der Waals surface area contributed by atoms with Crippen molar-refractivity contribution in [1.82, 2.24) is 20.0 Å². The van der Waals surface area contributed by atoms with Crippen molar-refractivity contribution in [3.05, 3.63) is 35.6 Å². The van der Waals surface area contributed by atoms with Gasteiger partial charge in [-0.3, -0.25) is 0 Å². The minimum absolute atomic E-state index is 0.157. The van der Waals surface area contributed by atoms with Gasteiger partial charge in [-0.05, 0) is 55.2 Å². The second-order valence-corrected chi connectivity index (χ2v) is 9.34. The van der Waals surface area contributed by atoms with Crippen LogP contribution in [0.5, 0.6) is 0 Å². The first kappa shape index (κ1) is 18.4. The first-order valence-corrected chi connectivity index (χ1v) is 10.9. The van der Waals surface area contributed by atoms with E-state index >= 15 is 0 Å². The van der Waals surface area contributed by atoms with E-state index in [1.807, 2.05) is 12.1 Å². The lowest BCUT2D eigenvalue weighted by atomic mass is 9.84. The Bertz CT molecular complexity index is 697. The molecule has 5 atom stereocenters. The van der Waals surface area contributed by atoms with Crippen molar-refractivity contribution in [2.75, 3.05) is 45.8 Å². The van der Waals surface area contributed by atoms with Gasteiger partial charge in [-0.2, -0.15) is 0 Å². The van der Waals surface area contributed by atoms with Crippen LogP contribution in [-0.2, 0) is 6.42 Å². The number of fused-ring (bicyclic) bond motifs is 1. The van der Waals surface area contributed by atoms with Crippen LogP contribution in [0.1, 0.15) is 24.8 Å². The molecule has 1 aromatic rings. The van der Waals surface area contributed by atoms with Crippen molar-refractivity contribution >= 4 is 6.03 Å². The van der Waals surface area contributed by atoms with Crippen LogP contribution in [0.4, 0.5) is 9.18 Å². The number of benzene rings is 1. The molecule has 6 rings (SSSR count). The molecule has 4 bridgehead atoms. The second kappa shape index (κ2) is 7.64. The molecule has 0 radical (unpaired) electrons. The molecule has 1 aromatic carbocycles. The molecule has 5 fully saturated rings. The highest BCUT2D eigenvalue weighted by Crippen LogP contribution is 2.36. The van der Waals surface area contributed by atoms with Crippen LogP contribution in [0.3, 0.4) is 0 Å². The lowest BCUT2D eigenvalue weighted by molar-refractivity contribution is 0.0844. The van der Waals surface area contributed by atoms with Crippen LogP contribution >= 0.6 is 0 Å². The largest absolute Gasteiger partial charge is 0.334 e. The number of urea groups is 1. The standard InChI is InChI=1S/C22H31FN4O/c23-19-3-1-16(2-4-19)5-7-25-8-6-20(14-25)24-22(28)27-13-18-9-17-10-21(27)15-26(11-17)12-18/h1-4,17-18,20-21H,5-15H2,(H,24,28)/t17?,18?,20?,21-/m0/s1. The summed E-state index contributed by atoms with van der Waals surface area (Å²) in [5.41, 5.74) is 1.17. The van der Waals surface area contributed by atoms with Gasteiger partial charge in [-0.15, -0.1) is 0 Å². The number of nitrogens with zero attached hydrogens (tertiary/aromatic N) is 3. The molecule has 0 spiro atoms. The normalized spacial score (nSPS) is 34.6. The number of rotatable bonds is 4. The summed E-state index contributed by atoms with van der Waals surface area (Å²) in [4.78, 5) is 20.2. The van der Waals surface area contributed by atoms with E-state index in [4.69, 9.17) is 0 Å². The Morgan fingerprint density at radius 3 is 2.68 bits per heavy atom. The van der Waals surface area contributed by atoms with E-state index in [0.717, 1.165) is 51.5 Å². The van der Waals surface area contributed by atoms with Crippen LogP contribution in [0.25, 0.3) is 0 Å². The summed E-state index contributed by atoms with van der Waals surface area (Å²) in [5.74, 6) is 1.27. The molecular weight excluding hydrogens is 355 g/mol. The zero-order chi connectivity index (χ0) is 19.1. The van der Waals surface area contributed by atoms with E-state index < -0.39 is 0 Å². The SMILES string of the molecule is O=C(NC1CCN(CCc2ccc(F)cc2)C1)N1CC2CC3C[C@H]1CN(C3)C2. The van der Waals surface area contributed by atoms with E-state index in [1.54, 1.807) is 0 Å². The van der Waals surface area contributed by atoms with Gasteiger partial charge in [0.2, 0.25) is 0 Å². The van der Waals surface area contributed by atoms with E-state index in [-0.39, 0.29) is 17.9 Å². The fourth-order valence-corrected chi connectivity index (χ4v) is 5.89. The zero-order valence-electron chi connectivity index (χ0n) is 16.5. The lowest BCUT2D eigenvalue weighted by Crippen LogP contribution is -2.54. The topological polar surface area (TPSA) is 38.8 Å². The first-order valence-electron chi connectivity index (χ1n) is 10.9. The molecular formula is C22H31FN4O. The molecule has 0 saturated carbocycles. The van der Waals surface area contributed by atoms with Gasteiger partial charge in [0.15, 0.2) is 0 Å². The third kappa shape index (κ3) is 3.90. The van der Waals surface area contributed by atoms with Gasteiger partial charge in [-0.25, -0.2) is 9.18 Å². The van der Waals surface area contributed by atoms with E-state index in [9.17, 15) is 9.18 Å². The fourth-order valence-electron chi connectivity index (χ4n) is 5.89. The Morgan fingerprint density at radius 1 is 1.04 bits per heavy atom. The van der Waals surface area contributed by atoms with Gasteiger partial charge in [0.25, 0.3) is 0 Å². The lowest BCUT2D eigenvalue weighted by Gasteiger charge is -2.41. The molecule has 2 amide bonds. The number of carbonyl (C=O) groups is 1. The van der Waals surface area contributed by atoms with Gasteiger partial charge < -0.3 is 20.0 Å². The maximum absolute atomic E-state index is 13.0. The van der Waals surface area contributed by atoms with Crippen molar-refractivity contribution in [2.45, 2.75) is 37.8 Å². The van der Waals surface area contributed by atoms with Crippen molar-refractivity contribution < 1.29 is 9.18 Å². The zero-order valence-corrected chi connectivity index (χ0v) is 16.5. The molecule has 5 heterocycles. The molecule has 0 aliphatic carbocycles. The summed E-state index contributed by atoms with van der Waals surface area (Å²) >= 11 is 0. The van der Waals surface area contributed by atoms with Gasteiger partial charge in [0, 0.05) is 57.9 Å². The van der Waals surface area contributed by atoms with Crippen LogP contribution in [0.2, 0.25) is 0 Å². The number of nitrogens with one attached hydrogen (secondary N) is 1. The molecule has 5 aliphatic heterocycles. The number of amides is 2. The molecule has 5 aliphatic rings. The summed E-state index contributed by atoms with van der Waals surface area (Å²) in [6.45, 7) is 7.32. The van der Waals surface area contributed by atoms with Gasteiger partial charge >= 0.3 is 6.03 Å². The van der Waals surface area contributed by atoms with Crippen molar-refractivity contribution in [2.24, 2.45) is 11.8 Å². The predicted octanol–water partition coefficient (Wildman–Crippen LogP) is 2.18. The smallest absolute Gasteiger partial charge is 0.317 e. The Hall–Kier alpha value is -1.66. The maximum atomic E-state index is 13.0. The number of carbonyl (C=O) groups excluding carboxylic acids is 1. The molecule has 1 N–H and O–H groups in total. The van der Waals surface area contributed by atoms with Crippen LogP contribution in [0, 0.1) is 17.7 Å². The van der Waals surface area contributed by atoms with Gasteiger partial charge in [0.05, 0.1) is 0 Å². The summed E-state index contributed by atoms with van der Waals surface area (Å²) in [5, 5.41) is 3.33. The molecule has 0 aromatic heterocycles. The average Bonchev–Trinajstić information content (AvgIpc) is 3.02. The fraction of sp³-hybridized carbons (Fsp3) is 0.682. The van der Waals surface area contributed by atoms with Gasteiger partial charge in [-0.1, -0.05) is 12.1 Å². The Labute approximate surface area is 166 Å². The van der Waals surface area contributed by atoms with E-state index in [1.165, 1.54) is 43.6 Å². The summed E-state index contributed by atoms with van der Waals surface area (Å²) in [6, 6.07) is 7.59. The van der Waals surface area contributed by atoms with Gasteiger partial charge in [0.1, 0.15) is 5.82 Å². The van der Waals surface area contributed by atoms with Crippen LogP contribution in [-0.4, -0.2) is 78.6 Å². The third-order valence-electron chi connectivity index (χ3n) is 7.16. The highest BCUT2D eigenvalue weighted by Gasteiger charge is 2.43. The Balaban J connectivity index is 1.12. The van der Waals surface area contributed by atoms with Crippen molar-refractivity contribution in [1.29, 1.82) is 0 Å². The number of likely N-dealkylation sites (tertiary alicyclic amines) is 1. The predicted molar refractivity (Wildman–Crippen MR) is 107 cm³/mol. The van der Waals surface area contributed by atoms with Crippen LogP contribution in [0.15, 0.2) is 24.3 Å². The number of halogens is 1. The molecule has 5 saturated heterocycles.